The molecule has 9 heteroatoms. The highest BCUT2D eigenvalue weighted by atomic mass is 16.5. The Morgan fingerprint density at radius 3 is 2.49 bits per heavy atom. The van der Waals surface area contributed by atoms with E-state index in [9.17, 15) is 30.0 Å². The molecule has 2 aromatic carbocycles. The number of fused-ring (bicyclic) bond motifs is 6. The van der Waals surface area contributed by atoms with E-state index in [1.807, 2.05) is 56.3 Å². The molecule has 0 aliphatic heterocycles. The minimum absolute atomic E-state index is 0.0833. The highest BCUT2D eigenvalue weighted by Crippen LogP contribution is 2.69. The van der Waals surface area contributed by atoms with E-state index in [1.165, 1.54) is 7.11 Å². The van der Waals surface area contributed by atoms with E-state index in [2.05, 4.69) is 42.9 Å². The van der Waals surface area contributed by atoms with E-state index >= 15 is 0 Å². The number of hydrogen-bond acceptors (Lipinski definition) is 8. The van der Waals surface area contributed by atoms with Crippen molar-refractivity contribution in [1.29, 1.82) is 0 Å². The van der Waals surface area contributed by atoms with Crippen molar-refractivity contribution in [2.75, 3.05) is 12.4 Å². The Hall–Kier alpha value is -3.97. The molecule has 0 bridgehead atoms. The lowest BCUT2D eigenvalue weighted by molar-refractivity contribution is -0.211. The Kier molecular flexibility index (Phi) is 10.6. The number of hydrogen-bond donors (Lipinski definition) is 5. The van der Waals surface area contributed by atoms with Crippen LogP contribution in [0.5, 0.6) is 0 Å². The van der Waals surface area contributed by atoms with Gasteiger partial charge in [-0.05, 0) is 141 Å². The number of benzene rings is 2. The fourth-order valence-electron chi connectivity index (χ4n) is 12.0. The first-order valence-corrected chi connectivity index (χ1v) is 20.2. The van der Waals surface area contributed by atoms with E-state index in [0.717, 1.165) is 46.9 Å². The fraction of sp³-hybridized carbons (Fsp3) is 0.587. The van der Waals surface area contributed by atoms with Crippen molar-refractivity contribution in [3.05, 3.63) is 70.4 Å². The molecule has 1 heterocycles. The Bertz CT molecular complexity index is 2020. The van der Waals surface area contributed by atoms with Crippen LogP contribution in [0.25, 0.3) is 10.9 Å². The summed E-state index contributed by atoms with van der Waals surface area (Å²) in [5, 5.41) is 49.3. The average Bonchev–Trinajstić information content (AvgIpc) is 3.51. The molecular weight excluding hydrogens is 693 g/mol. The molecule has 294 valence electrons. The second-order valence-corrected chi connectivity index (χ2v) is 18.0. The molecule has 0 saturated heterocycles. The number of esters is 1. The summed E-state index contributed by atoms with van der Waals surface area (Å²) in [5.41, 5.74) is 3.73. The summed E-state index contributed by atoms with van der Waals surface area (Å²) in [6.07, 6.45) is 4.72. The van der Waals surface area contributed by atoms with E-state index in [0.29, 0.717) is 55.6 Å². The second-order valence-electron chi connectivity index (χ2n) is 18.0. The van der Waals surface area contributed by atoms with Crippen LogP contribution in [0, 0.1) is 72.0 Å². The SMILES string of the molecule is COC(=O)c1c(C)nc2cccc(C)c2c1NCc1ccc(C#CC2(O)CCC3(C)C(CC(O)C4C3CC(O)C3(C)C4CC[C@@H]3C(C)CCC(=O)O)C2)cc1. The molecule has 7 rings (SSSR count). The highest BCUT2D eigenvalue weighted by molar-refractivity contribution is 6.07. The highest BCUT2D eigenvalue weighted by Gasteiger charge is 2.66. The van der Waals surface area contributed by atoms with Crippen LogP contribution in [0.1, 0.15) is 111 Å². The zero-order chi connectivity index (χ0) is 39.4. The van der Waals surface area contributed by atoms with Crippen molar-refractivity contribution in [1.82, 2.24) is 4.98 Å². The van der Waals surface area contributed by atoms with Gasteiger partial charge >= 0.3 is 11.9 Å². The summed E-state index contributed by atoms with van der Waals surface area (Å²) >= 11 is 0. The van der Waals surface area contributed by atoms with Crippen LogP contribution in [-0.4, -0.2) is 62.3 Å². The molecule has 4 aliphatic rings. The number of methoxy groups -OCH3 is 1. The topological polar surface area (TPSA) is 149 Å². The van der Waals surface area contributed by atoms with Gasteiger partial charge < -0.3 is 30.5 Å². The monoisotopic (exact) mass is 750 g/mol. The van der Waals surface area contributed by atoms with Gasteiger partial charge in [0.2, 0.25) is 0 Å². The molecule has 4 aliphatic carbocycles. The van der Waals surface area contributed by atoms with Gasteiger partial charge in [-0.25, -0.2) is 4.79 Å². The maximum Gasteiger partial charge on any atom is 0.341 e. The van der Waals surface area contributed by atoms with Crippen molar-refractivity contribution in [3.8, 4) is 11.8 Å². The van der Waals surface area contributed by atoms with Gasteiger partial charge in [0.1, 0.15) is 11.2 Å². The molecule has 0 radical (unpaired) electrons. The van der Waals surface area contributed by atoms with Crippen LogP contribution in [-0.2, 0) is 16.1 Å². The minimum Gasteiger partial charge on any atom is -0.481 e. The van der Waals surface area contributed by atoms with Crippen LogP contribution >= 0.6 is 0 Å². The van der Waals surface area contributed by atoms with E-state index in [-0.39, 0.29) is 52.8 Å². The third kappa shape index (κ3) is 6.93. The molecule has 4 fully saturated rings. The number of aromatic nitrogens is 1. The van der Waals surface area contributed by atoms with Crippen LogP contribution in [0.4, 0.5) is 5.69 Å². The predicted octanol–water partition coefficient (Wildman–Crippen LogP) is 7.43. The summed E-state index contributed by atoms with van der Waals surface area (Å²) in [7, 11) is 1.38. The number of ether oxygens (including phenoxy) is 1. The summed E-state index contributed by atoms with van der Waals surface area (Å²) < 4.78 is 5.12. The molecule has 0 amide bonds. The number of anilines is 1. The van der Waals surface area contributed by atoms with Crippen molar-refractivity contribution >= 4 is 28.5 Å². The first kappa shape index (κ1) is 39.3. The Balaban J connectivity index is 1.04. The molecule has 5 N–H and O–H groups in total. The average molecular weight is 751 g/mol. The van der Waals surface area contributed by atoms with Gasteiger partial charge in [-0.1, -0.05) is 56.9 Å². The van der Waals surface area contributed by atoms with E-state index in [1.54, 1.807) is 0 Å². The number of carboxylic acid groups (broad SMARTS) is 1. The summed E-state index contributed by atoms with van der Waals surface area (Å²) in [4.78, 5) is 28.8. The zero-order valence-corrected chi connectivity index (χ0v) is 33.2. The third-order valence-corrected chi connectivity index (χ3v) is 15.1. The second kappa shape index (κ2) is 14.8. The number of carbonyl (C=O) groups excluding carboxylic acids is 1. The third-order valence-electron chi connectivity index (χ3n) is 15.1. The van der Waals surface area contributed by atoms with Crippen LogP contribution in [0.2, 0.25) is 0 Å². The lowest BCUT2D eigenvalue weighted by Crippen LogP contribution is -2.63. The first-order chi connectivity index (χ1) is 26.1. The normalized spacial score (nSPS) is 34.4. The van der Waals surface area contributed by atoms with Gasteiger partial charge in [-0.15, -0.1) is 0 Å². The van der Waals surface area contributed by atoms with Crippen molar-refractivity contribution < 1.29 is 34.8 Å². The zero-order valence-electron chi connectivity index (χ0n) is 33.2. The minimum atomic E-state index is -1.17. The van der Waals surface area contributed by atoms with Crippen LogP contribution in [0.3, 0.4) is 0 Å². The molecule has 1 aromatic heterocycles. The molecule has 10 unspecified atom stereocenters. The molecule has 0 spiro atoms. The lowest BCUT2D eigenvalue weighted by Gasteiger charge is -2.64. The number of carbonyl (C=O) groups is 2. The number of aliphatic carboxylic acids is 1. The number of rotatable bonds is 8. The smallest absolute Gasteiger partial charge is 0.341 e. The lowest BCUT2D eigenvalue weighted by atomic mass is 9.42. The molecule has 9 nitrogen and oxygen atoms in total. The van der Waals surface area contributed by atoms with Gasteiger partial charge in [-0.3, -0.25) is 9.78 Å². The maximum absolute atomic E-state index is 12.8. The van der Waals surface area contributed by atoms with Gasteiger partial charge in [0, 0.05) is 23.9 Å². The number of pyridine rings is 1. The largest absolute Gasteiger partial charge is 0.481 e. The number of aliphatic hydroxyl groups excluding tert-OH is 2. The van der Waals surface area contributed by atoms with Gasteiger partial charge in [0.05, 0.1) is 36.2 Å². The summed E-state index contributed by atoms with van der Waals surface area (Å²) in [6.45, 7) is 11.0. The molecule has 55 heavy (non-hydrogen) atoms. The van der Waals surface area contributed by atoms with Crippen LogP contribution < -0.4 is 5.32 Å². The Morgan fingerprint density at radius 1 is 1.04 bits per heavy atom. The van der Waals surface area contributed by atoms with E-state index < -0.39 is 29.7 Å². The summed E-state index contributed by atoms with van der Waals surface area (Å²) in [6, 6.07) is 13.8. The number of nitrogens with one attached hydrogen (secondary N) is 1. The number of carboxylic acids is 1. The molecule has 11 atom stereocenters. The summed E-state index contributed by atoms with van der Waals surface area (Å²) in [5.74, 6) is 6.22. The fourth-order valence-corrected chi connectivity index (χ4v) is 12.0. The Morgan fingerprint density at radius 2 is 1.78 bits per heavy atom. The predicted molar refractivity (Wildman–Crippen MR) is 212 cm³/mol. The van der Waals surface area contributed by atoms with Crippen molar-refractivity contribution in [2.45, 2.75) is 117 Å². The van der Waals surface area contributed by atoms with Gasteiger partial charge in [0.25, 0.3) is 0 Å². The maximum atomic E-state index is 12.8. The number of nitrogens with zero attached hydrogens (tertiary/aromatic N) is 1. The quantitative estimate of drug-likeness (QED) is 0.117. The molecular formula is C46H58N2O7. The number of aliphatic hydroxyl groups is 3. The van der Waals surface area contributed by atoms with Crippen molar-refractivity contribution in [3.63, 3.8) is 0 Å². The van der Waals surface area contributed by atoms with E-state index in [4.69, 9.17) is 4.74 Å². The molecule has 4 saturated carbocycles. The molecule has 3 aromatic rings. The Labute approximate surface area is 325 Å². The van der Waals surface area contributed by atoms with Crippen molar-refractivity contribution in [2.24, 2.45) is 46.3 Å². The first-order valence-electron chi connectivity index (χ1n) is 20.2. The standard InChI is InChI=1S/C46H58N2O7/c1-26(10-17-38(51)52)32-15-16-33-41-34(23-37(50)45(32,33)5)44(4)20-21-46(54,24-31(44)22-36(41)49)19-18-29-11-13-30(14-12-29)25-47-42-39-27(2)8-7-9-35(39)48-28(3)40(42)43(53)55-6/h7-9,11-14,26,31-34,36-37,41,49-50,54H,10,15-17,20-25H2,1-6H3,(H,47,48)(H,51,52)/t26?,31?,32-,33?,34?,36?,37?,41?,44?,45?,46?/m1/s1. The van der Waals surface area contributed by atoms with Gasteiger partial charge in [-0.2, -0.15) is 0 Å². The number of aryl methyl sites for hydroxylation is 2. The van der Waals surface area contributed by atoms with Crippen LogP contribution in [0.15, 0.2) is 42.5 Å². The van der Waals surface area contributed by atoms with Gasteiger partial charge in [0.15, 0.2) is 0 Å².